The van der Waals surface area contributed by atoms with Crippen molar-refractivity contribution in [2.75, 3.05) is 50.0 Å². The van der Waals surface area contributed by atoms with Gasteiger partial charge in [-0.1, -0.05) is 34.5 Å². The second-order valence-electron chi connectivity index (χ2n) is 8.13. The predicted molar refractivity (Wildman–Crippen MR) is 137 cm³/mol. The predicted octanol–water partition coefficient (Wildman–Crippen LogP) is 4.44. The second-order valence-corrected chi connectivity index (χ2v) is 12.0. The maximum atomic E-state index is 13.3. The molecule has 11 heteroatoms. The minimum Gasteiger partial charge on any atom is -0.379 e. The zero-order valence-electron chi connectivity index (χ0n) is 18.7. The fourth-order valence-electron chi connectivity index (χ4n) is 3.83. The van der Waals surface area contributed by atoms with Gasteiger partial charge in [-0.05, 0) is 55.3 Å². The third-order valence-corrected chi connectivity index (χ3v) is 8.73. The molecule has 1 amide bonds. The van der Waals surface area contributed by atoms with Gasteiger partial charge >= 0.3 is 0 Å². The lowest BCUT2D eigenvalue weighted by Crippen LogP contribution is -2.40. The van der Waals surface area contributed by atoms with Gasteiger partial charge in [0.25, 0.3) is 0 Å². The van der Waals surface area contributed by atoms with Crippen LogP contribution < -0.4 is 4.90 Å². The molecule has 1 saturated heterocycles. The number of hydrogen-bond donors (Lipinski definition) is 0. The van der Waals surface area contributed by atoms with Gasteiger partial charge in [0.2, 0.25) is 5.91 Å². The average molecular weight is 543 g/mol. The lowest BCUT2D eigenvalue weighted by molar-refractivity contribution is -0.116. The molecule has 4 rings (SSSR count). The monoisotopic (exact) mass is 541 g/mol. The highest BCUT2D eigenvalue weighted by molar-refractivity contribution is 7.92. The van der Waals surface area contributed by atoms with Crippen LogP contribution in [-0.4, -0.2) is 69.4 Å². The Labute approximate surface area is 213 Å². The van der Waals surface area contributed by atoms with Crippen molar-refractivity contribution in [3.05, 3.63) is 52.0 Å². The maximum absolute atomic E-state index is 13.3. The summed E-state index contributed by atoms with van der Waals surface area (Å²) in [4.78, 5) is 21.8. The smallest absolute Gasteiger partial charge is 0.244 e. The Balaban J connectivity index is 1.58. The molecule has 0 N–H and O–H groups in total. The number of carbonyl (C=O) groups is 1. The highest BCUT2D eigenvalue weighted by atomic mass is 35.5. The number of sulfone groups is 1. The van der Waals surface area contributed by atoms with Crippen molar-refractivity contribution >= 4 is 65.6 Å². The van der Waals surface area contributed by atoms with Crippen molar-refractivity contribution < 1.29 is 17.9 Å². The van der Waals surface area contributed by atoms with Crippen molar-refractivity contribution in [2.45, 2.75) is 18.2 Å². The quantitative estimate of drug-likeness (QED) is 0.419. The van der Waals surface area contributed by atoms with Crippen LogP contribution in [0.5, 0.6) is 0 Å². The van der Waals surface area contributed by atoms with Gasteiger partial charge in [-0.2, -0.15) is 0 Å². The van der Waals surface area contributed by atoms with Gasteiger partial charge in [-0.15, -0.1) is 0 Å². The van der Waals surface area contributed by atoms with Crippen molar-refractivity contribution in [1.82, 2.24) is 9.88 Å². The first-order chi connectivity index (χ1) is 16.2. The molecule has 34 heavy (non-hydrogen) atoms. The van der Waals surface area contributed by atoms with Gasteiger partial charge in [0, 0.05) is 36.2 Å². The first-order valence-electron chi connectivity index (χ1n) is 10.9. The number of rotatable bonds is 8. The van der Waals surface area contributed by atoms with E-state index < -0.39 is 21.5 Å². The number of ether oxygens (including phenoxy) is 1. The van der Waals surface area contributed by atoms with Crippen molar-refractivity contribution in [3.63, 3.8) is 0 Å². The maximum Gasteiger partial charge on any atom is 0.244 e. The SMILES string of the molecule is Cc1cc(Cl)cc2sc(N(CCCN3CCOCC3)C(=O)CS(=O)(=O)c3ccc(Cl)cc3)nc12. The molecule has 3 aromatic rings. The summed E-state index contributed by atoms with van der Waals surface area (Å²) in [6.45, 7) is 6.13. The molecule has 182 valence electrons. The largest absolute Gasteiger partial charge is 0.379 e. The number of morpholine rings is 1. The number of anilines is 1. The van der Waals surface area contributed by atoms with Crippen LogP contribution in [0.4, 0.5) is 5.13 Å². The Morgan fingerprint density at radius 2 is 1.85 bits per heavy atom. The van der Waals surface area contributed by atoms with E-state index in [1.54, 1.807) is 0 Å². The van der Waals surface area contributed by atoms with E-state index in [0.717, 1.165) is 35.4 Å². The van der Waals surface area contributed by atoms with Crippen LogP contribution in [0.25, 0.3) is 10.2 Å². The Bertz CT molecular complexity index is 1270. The third kappa shape index (κ3) is 6.08. The Morgan fingerprint density at radius 1 is 1.15 bits per heavy atom. The molecule has 7 nitrogen and oxygen atoms in total. The molecule has 2 aromatic carbocycles. The summed E-state index contributed by atoms with van der Waals surface area (Å²) >= 11 is 13.4. The van der Waals surface area contributed by atoms with Gasteiger partial charge in [0.15, 0.2) is 15.0 Å². The molecule has 1 aromatic heterocycles. The van der Waals surface area contributed by atoms with Crippen LogP contribution >= 0.6 is 34.5 Å². The lowest BCUT2D eigenvalue weighted by Gasteiger charge is -2.27. The summed E-state index contributed by atoms with van der Waals surface area (Å²) in [6.07, 6.45) is 0.683. The van der Waals surface area contributed by atoms with Gasteiger partial charge < -0.3 is 4.74 Å². The summed E-state index contributed by atoms with van der Waals surface area (Å²) in [5.41, 5.74) is 1.66. The molecule has 0 atom stereocenters. The number of nitrogens with zero attached hydrogens (tertiary/aromatic N) is 3. The molecule has 2 heterocycles. The first-order valence-corrected chi connectivity index (χ1v) is 14.1. The van der Waals surface area contributed by atoms with E-state index in [1.165, 1.54) is 40.5 Å². The minimum absolute atomic E-state index is 0.0606. The highest BCUT2D eigenvalue weighted by Crippen LogP contribution is 2.33. The van der Waals surface area contributed by atoms with Crippen LogP contribution in [0.2, 0.25) is 10.0 Å². The zero-order valence-corrected chi connectivity index (χ0v) is 21.8. The number of amides is 1. The Kier molecular flexibility index (Phi) is 8.12. The van der Waals surface area contributed by atoms with Crippen LogP contribution in [0.1, 0.15) is 12.0 Å². The summed E-state index contributed by atoms with van der Waals surface area (Å²) < 4.78 is 32.1. The minimum atomic E-state index is -3.84. The lowest BCUT2D eigenvalue weighted by atomic mass is 10.2. The van der Waals surface area contributed by atoms with E-state index in [-0.39, 0.29) is 4.90 Å². The fraction of sp³-hybridized carbons (Fsp3) is 0.391. The number of halogens is 2. The van der Waals surface area contributed by atoms with Gasteiger partial charge in [0.1, 0.15) is 5.75 Å². The molecule has 1 fully saturated rings. The van der Waals surface area contributed by atoms with Gasteiger partial charge in [-0.25, -0.2) is 13.4 Å². The molecule has 1 aliphatic rings. The molecule has 0 spiro atoms. The molecule has 0 radical (unpaired) electrons. The number of hydrogen-bond acceptors (Lipinski definition) is 7. The van der Waals surface area contributed by atoms with E-state index in [0.29, 0.717) is 41.4 Å². The van der Waals surface area contributed by atoms with E-state index in [4.69, 9.17) is 27.9 Å². The van der Waals surface area contributed by atoms with Crippen molar-refractivity contribution in [3.8, 4) is 0 Å². The molecule has 0 unspecified atom stereocenters. The van der Waals surface area contributed by atoms with Gasteiger partial charge in [0.05, 0.1) is 28.3 Å². The fourth-order valence-corrected chi connectivity index (χ4v) is 6.62. The molecule has 0 bridgehead atoms. The molecular formula is C23H25Cl2N3O4S2. The van der Waals surface area contributed by atoms with E-state index in [9.17, 15) is 13.2 Å². The summed E-state index contributed by atoms with van der Waals surface area (Å²) in [5, 5.41) is 1.49. The highest BCUT2D eigenvalue weighted by Gasteiger charge is 2.27. The van der Waals surface area contributed by atoms with E-state index in [1.807, 2.05) is 19.1 Å². The van der Waals surface area contributed by atoms with Crippen LogP contribution in [0.15, 0.2) is 41.3 Å². The molecule has 0 saturated carbocycles. The zero-order chi connectivity index (χ0) is 24.3. The normalized spacial score (nSPS) is 15.0. The van der Waals surface area contributed by atoms with Gasteiger partial charge in [-0.3, -0.25) is 14.6 Å². The van der Waals surface area contributed by atoms with Crippen molar-refractivity contribution in [1.29, 1.82) is 0 Å². The number of benzene rings is 2. The van der Waals surface area contributed by atoms with Crippen LogP contribution in [-0.2, 0) is 19.4 Å². The number of carbonyl (C=O) groups excluding carboxylic acids is 1. The van der Waals surface area contributed by atoms with Crippen molar-refractivity contribution in [2.24, 2.45) is 0 Å². The number of aryl methyl sites for hydroxylation is 1. The molecule has 1 aliphatic heterocycles. The standard InChI is InChI=1S/C23H25Cl2N3O4S2/c1-16-13-18(25)14-20-22(16)26-23(33-20)28(8-2-7-27-9-11-32-12-10-27)21(29)15-34(30,31)19-5-3-17(24)4-6-19/h3-6,13-14H,2,7-12,15H2,1H3. The first kappa shape index (κ1) is 25.3. The summed E-state index contributed by atoms with van der Waals surface area (Å²) in [7, 11) is -3.84. The third-order valence-electron chi connectivity index (χ3n) is 5.62. The summed E-state index contributed by atoms with van der Waals surface area (Å²) in [6, 6.07) is 9.46. The van der Waals surface area contributed by atoms with Crippen LogP contribution in [0.3, 0.4) is 0 Å². The summed E-state index contributed by atoms with van der Waals surface area (Å²) in [5.74, 6) is -1.17. The Hall–Kier alpha value is -1.75. The van der Waals surface area contributed by atoms with E-state index in [2.05, 4.69) is 9.88 Å². The average Bonchev–Trinajstić information content (AvgIpc) is 3.21. The second kappa shape index (κ2) is 10.9. The van der Waals surface area contributed by atoms with Crippen LogP contribution in [0, 0.1) is 6.92 Å². The van der Waals surface area contributed by atoms with E-state index >= 15 is 0 Å². The Morgan fingerprint density at radius 3 is 2.56 bits per heavy atom. The topological polar surface area (TPSA) is 79.8 Å². The number of aromatic nitrogens is 1. The molecular weight excluding hydrogens is 517 g/mol. The number of fused-ring (bicyclic) bond motifs is 1. The number of thiazole rings is 1. The molecule has 0 aliphatic carbocycles.